The Bertz CT molecular complexity index is 293. The predicted molar refractivity (Wildman–Crippen MR) is 53.0 cm³/mol. The van der Waals surface area contributed by atoms with Gasteiger partial charge < -0.3 is 10.2 Å². The van der Waals surface area contributed by atoms with Crippen LogP contribution < -0.4 is 10.2 Å². The summed E-state index contributed by atoms with van der Waals surface area (Å²) in [7, 11) is 3.95. The minimum atomic E-state index is 0.643. The molecule has 1 fully saturated rings. The van der Waals surface area contributed by atoms with E-state index < -0.39 is 0 Å². The number of aromatic nitrogens is 2. The van der Waals surface area contributed by atoms with Crippen molar-refractivity contribution >= 4 is 11.6 Å². The molecule has 13 heavy (non-hydrogen) atoms. The molecule has 0 unspecified atom stereocenters. The van der Waals surface area contributed by atoms with E-state index in [1.165, 1.54) is 12.8 Å². The van der Waals surface area contributed by atoms with Crippen LogP contribution in [0.1, 0.15) is 12.8 Å². The molecular formula is C9H14N4. The molecule has 4 nitrogen and oxygen atoms in total. The summed E-state index contributed by atoms with van der Waals surface area (Å²) in [4.78, 5) is 10.3. The highest BCUT2D eigenvalue weighted by molar-refractivity contribution is 5.48. The molecule has 0 radical (unpaired) electrons. The van der Waals surface area contributed by atoms with Crippen molar-refractivity contribution < 1.29 is 0 Å². The van der Waals surface area contributed by atoms with E-state index in [-0.39, 0.29) is 0 Å². The third-order valence-corrected chi connectivity index (χ3v) is 2.04. The van der Waals surface area contributed by atoms with Crippen molar-refractivity contribution in [1.29, 1.82) is 0 Å². The Morgan fingerprint density at radius 2 is 2.15 bits per heavy atom. The van der Waals surface area contributed by atoms with Crippen LogP contribution in [0.2, 0.25) is 0 Å². The maximum atomic E-state index is 4.15. The lowest BCUT2D eigenvalue weighted by Crippen LogP contribution is -2.12. The summed E-state index contributed by atoms with van der Waals surface area (Å²) in [5, 5.41) is 3.33. The molecular weight excluding hydrogens is 164 g/mol. The van der Waals surface area contributed by atoms with E-state index in [0.29, 0.717) is 6.04 Å². The molecule has 70 valence electrons. The molecule has 0 aromatic carbocycles. The van der Waals surface area contributed by atoms with Crippen molar-refractivity contribution in [2.45, 2.75) is 18.9 Å². The van der Waals surface area contributed by atoms with Gasteiger partial charge in [0.25, 0.3) is 0 Å². The van der Waals surface area contributed by atoms with E-state index in [9.17, 15) is 0 Å². The van der Waals surface area contributed by atoms with Gasteiger partial charge >= 0.3 is 0 Å². The average Bonchev–Trinajstić information content (AvgIpc) is 2.89. The van der Waals surface area contributed by atoms with Crippen molar-refractivity contribution in [2.24, 2.45) is 0 Å². The van der Waals surface area contributed by atoms with Crippen molar-refractivity contribution in [3.8, 4) is 0 Å². The monoisotopic (exact) mass is 178 g/mol. The lowest BCUT2D eigenvalue weighted by atomic mass is 10.5. The van der Waals surface area contributed by atoms with Crippen LogP contribution in [0, 0.1) is 0 Å². The summed E-state index contributed by atoms with van der Waals surface area (Å²) in [5.41, 5.74) is 0. The number of nitrogens with zero attached hydrogens (tertiary/aromatic N) is 3. The molecule has 0 bridgehead atoms. The van der Waals surface area contributed by atoms with E-state index in [1.54, 1.807) is 6.33 Å². The van der Waals surface area contributed by atoms with Crippen molar-refractivity contribution in [1.82, 2.24) is 9.97 Å². The second kappa shape index (κ2) is 3.20. The lowest BCUT2D eigenvalue weighted by Gasteiger charge is -2.11. The van der Waals surface area contributed by atoms with E-state index in [1.807, 2.05) is 25.1 Å². The molecule has 1 N–H and O–H groups in total. The Hall–Kier alpha value is -1.32. The fraction of sp³-hybridized carbons (Fsp3) is 0.556. The molecule has 1 saturated carbocycles. The van der Waals surface area contributed by atoms with Crippen molar-refractivity contribution in [3.05, 3.63) is 12.4 Å². The number of rotatable bonds is 3. The van der Waals surface area contributed by atoms with Crippen molar-refractivity contribution in [3.63, 3.8) is 0 Å². The van der Waals surface area contributed by atoms with Crippen LogP contribution in [0.15, 0.2) is 12.4 Å². The maximum Gasteiger partial charge on any atom is 0.133 e. The fourth-order valence-electron chi connectivity index (χ4n) is 1.11. The highest BCUT2D eigenvalue weighted by Crippen LogP contribution is 2.24. The first-order chi connectivity index (χ1) is 6.25. The van der Waals surface area contributed by atoms with E-state index in [2.05, 4.69) is 15.3 Å². The Kier molecular flexibility index (Phi) is 2.04. The van der Waals surface area contributed by atoms with Crippen LogP contribution in [-0.2, 0) is 0 Å². The van der Waals surface area contributed by atoms with Gasteiger partial charge in [0, 0.05) is 26.2 Å². The zero-order valence-electron chi connectivity index (χ0n) is 7.99. The SMILES string of the molecule is CN(C)c1cc(NC2CC2)ncn1. The number of hydrogen-bond acceptors (Lipinski definition) is 4. The first-order valence-electron chi connectivity index (χ1n) is 4.51. The summed E-state index contributed by atoms with van der Waals surface area (Å²) in [6.45, 7) is 0. The summed E-state index contributed by atoms with van der Waals surface area (Å²) in [5.74, 6) is 1.87. The molecule has 4 heteroatoms. The fourth-order valence-corrected chi connectivity index (χ4v) is 1.11. The van der Waals surface area contributed by atoms with Crippen LogP contribution in [0.4, 0.5) is 11.6 Å². The highest BCUT2D eigenvalue weighted by Gasteiger charge is 2.21. The number of nitrogens with one attached hydrogen (secondary N) is 1. The third-order valence-electron chi connectivity index (χ3n) is 2.04. The zero-order chi connectivity index (χ0) is 9.26. The van der Waals surface area contributed by atoms with E-state index in [0.717, 1.165) is 11.6 Å². The molecule has 2 rings (SSSR count). The van der Waals surface area contributed by atoms with Crippen LogP contribution in [-0.4, -0.2) is 30.1 Å². The zero-order valence-corrected chi connectivity index (χ0v) is 7.99. The Labute approximate surface area is 78.0 Å². The minimum Gasteiger partial charge on any atom is -0.367 e. The largest absolute Gasteiger partial charge is 0.367 e. The normalized spacial score (nSPS) is 15.5. The lowest BCUT2D eigenvalue weighted by molar-refractivity contribution is 1.02. The molecule has 0 saturated heterocycles. The Morgan fingerprint density at radius 3 is 2.77 bits per heavy atom. The van der Waals surface area contributed by atoms with Crippen LogP contribution >= 0.6 is 0 Å². The van der Waals surface area contributed by atoms with Gasteiger partial charge in [0.05, 0.1) is 0 Å². The van der Waals surface area contributed by atoms with Gasteiger partial charge in [-0.3, -0.25) is 0 Å². The number of anilines is 2. The topological polar surface area (TPSA) is 41.0 Å². The Balaban J connectivity index is 2.11. The van der Waals surface area contributed by atoms with E-state index >= 15 is 0 Å². The van der Waals surface area contributed by atoms with Gasteiger partial charge in [0.2, 0.25) is 0 Å². The summed E-state index contributed by atoms with van der Waals surface area (Å²) in [6, 6.07) is 2.61. The van der Waals surface area contributed by atoms with Gasteiger partial charge in [-0.2, -0.15) is 0 Å². The van der Waals surface area contributed by atoms with Crippen LogP contribution in [0.5, 0.6) is 0 Å². The van der Waals surface area contributed by atoms with Gasteiger partial charge in [0.1, 0.15) is 18.0 Å². The van der Waals surface area contributed by atoms with Gasteiger partial charge in [-0.25, -0.2) is 9.97 Å². The minimum absolute atomic E-state index is 0.643. The quantitative estimate of drug-likeness (QED) is 0.753. The van der Waals surface area contributed by atoms with Crippen LogP contribution in [0.3, 0.4) is 0 Å². The maximum absolute atomic E-state index is 4.15. The van der Waals surface area contributed by atoms with E-state index in [4.69, 9.17) is 0 Å². The summed E-state index contributed by atoms with van der Waals surface area (Å²) in [6.07, 6.45) is 4.13. The standard InChI is InChI=1S/C9H14N4/c1-13(2)9-5-8(10-6-11-9)12-7-3-4-7/h5-7H,3-4H2,1-2H3,(H,10,11,12). The summed E-state index contributed by atoms with van der Waals surface area (Å²) >= 11 is 0. The molecule has 1 heterocycles. The molecule has 0 amide bonds. The van der Waals surface area contributed by atoms with Crippen molar-refractivity contribution in [2.75, 3.05) is 24.3 Å². The number of hydrogen-bond donors (Lipinski definition) is 1. The first-order valence-corrected chi connectivity index (χ1v) is 4.51. The molecule has 1 aliphatic rings. The molecule has 0 aliphatic heterocycles. The van der Waals surface area contributed by atoms with Gasteiger partial charge in [-0.1, -0.05) is 0 Å². The van der Waals surface area contributed by atoms with Gasteiger partial charge in [-0.05, 0) is 12.8 Å². The molecule has 0 spiro atoms. The van der Waals surface area contributed by atoms with Gasteiger partial charge in [0.15, 0.2) is 0 Å². The van der Waals surface area contributed by atoms with Gasteiger partial charge in [-0.15, -0.1) is 0 Å². The third kappa shape index (κ3) is 2.08. The molecule has 1 aromatic heterocycles. The van der Waals surface area contributed by atoms with Crippen LogP contribution in [0.25, 0.3) is 0 Å². The molecule has 1 aromatic rings. The highest BCUT2D eigenvalue weighted by atomic mass is 15.2. The Morgan fingerprint density at radius 1 is 1.38 bits per heavy atom. The second-order valence-electron chi connectivity index (χ2n) is 3.57. The average molecular weight is 178 g/mol. The smallest absolute Gasteiger partial charge is 0.133 e. The molecule has 0 atom stereocenters. The summed E-state index contributed by atoms with van der Waals surface area (Å²) < 4.78 is 0. The first kappa shape index (κ1) is 8.29. The molecule has 1 aliphatic carbocycles. The second-order valence-corrected chi connectivity index (χ2v) is 3.57. The predicted octanol–water partition coefficient (Wildman–Crippen LogP) is 1.12.